The summed E-state index contributed by atoms with van der Waals surface area (Å²) in [6.45, 7) is 9.02. The molecule has 0 saturated carbocycles. The quantitative estimate of drug-likeness (QED) is 0.677. The minimum absolute atomic E-state index is 0.255. The van der Waals surface area contributed by atoms with Crippen molar-refractivity contribution in [3.05, 3.63) is 12.2 Å². The number of ether oxygens (including phenoxy) is 1. The van der Waals surface area contributed by atoms with E-state index in [4.69, 9.17) is 4.74 Å². The number of alkyl carbamates (subject to hydrolysis) is 1. The fourth-order valence-electron chi connectivity index (χ4n) is 0.478. The molecule has 0 aliphatic carbocycles. The molecule has 4 heteroatoms. The molecule has 0 aromatic heterocycles. The summed E-state index contributed by atoms with van der Waals surface area (Å²) in [5, 5.41) is 2.04. The molecular formula is C9H15NO3. The van der Waals surface area contributed by atoms with Crippen molar-refractivity contribution >= 4 is 12.0 Å². The lowest BCUT2D eigenvalue weighted by Crippen LogP contribution is -2.32. The summed E-state index contributed by atoms with van der Waals surface area (Å²) in [5.41, 5.74) is 0.279. The maximum absolute atomic E-state index is 10.9. The molecule has 0 radical (unpaired) electrons. The Hall–Kier alpha value is -1.32. The lowest BCUT2D eigenvalue weighted by atomic mass is 10.2. The van der Waals surface area contributed by atoms with Crippen LogP contribution in [0, 0.1) is 5.92 Å². The SMILES string of the molecule is C=C(C)C(=O)NC(=O)OCC(C)C. The number of carbonyl (C=O) groups excluding carboxylic acids is 2. The number of carbonyl (C=O) groups is 2. The van der Waals surface area contributed by atoms with E-state index in [1.54, 1.807) is 0 Å². The van der Waals surface area contributed by atoms with Crippen LogP contribution in [-0.2, 0) is 9.53 Å². The third-order valence-electron chi connectivity index (χ3n) is 1.15. The van der Waals surface area contributed by atoms with E-state index in [1.807, 2.05) is 19.2 Å². The van der Waals surface area contributed by atoms with Gasteiger partial charge in [0.15, 0.2) is 0 Å². The molecule has 74 valence electrons. The third-order valence-corrected chi connectivity index (χ3v) is 1.15. The Labute approximate surface area is 78.0 Å². The number of imide groups is 1. The average molecular weight is 185 g/mol. The van der Waals surface area contributed by atoms with Crippen molar-refractivity contribution in [2.45, 2.75) is 20.8 Å². The Morgan fingerprint density at radius 2 is 2.00 bits per heavy atom. The predicted molar refractivity (Wildman–Crippen MR) is 49.1 cm³/mol. The highest BCUT2D eigenvalue weighted by Gasteiger charge is 2.09. The van der Waals surface area contributed by atoms with Crippen molar-refractivity contribution in [2.75, 3.05) is 6.61 Å². The van der Waals surface area contributed by atoms with Gasteiger partial charge in [0.1, 0.15) is 0 Å². The summed E-state index contributed by atoms with van der Waals surface area (Å²) in [6.07, 6.45) is -0.721. The zero-order valence-corrected chi connectivity index (χ0v) is 8.22. The van der Waals surface area contributed by atoms with Gasteiger partial charge >= 0.3 is 6.09 Å². The van der Waals surface area contributed by atoms with Crippen LogP contribution in [0.25, 0.3) is 0 Å². The summed E-state index contributed by atoms with van der Waals surface area (Å²) in [6, 6.07) is 0. The van der Waals surface area contributed by atoms with Crippen LogP contribution in [0.3, 0.4) is 0 Å². The smallest absolute Gasteiger partial charge is 0.414 e. The molecule has 0 aliphatic rings. The van der Waals surface area contributed by atoms with Crippen LogP contribution in [0.15, 0.2) is 12.2 Å². The van der Waals surface area contributed by atoms with Gasteiger partial charge in [0.2, 0.25) is 0 Å². The van der Waals surface area contributed by atoms with Gasteiger partial charge in [-0.25, -0.2) is 4.79 Å². The van der Waals surface area contributed by atoms with E-state index in [9.17, 15) is 9.59 Å². The molecule has 0 heterocycles. The maximum atomic E-state index is 10.9. The predicted octanol–water partition coefficient (Wildman–Crippen LogP) is 1.47. The molecule has 0 aliphatic heterocycles. The van der Waals surface area contributed by atoms with E-state index in [2.05, 4.69) is 6.58 Å². The van der Waals surface area contributed by atoms with Gasteiger partial charge in [-0.2, -0.15) is 0 Å². The summed E-state index contributed by atoms with van der Waals surface area (Å²) in [4.78, 5) is 21.8. The van der Waals surface area contributed by atoms with Crippen LogP contribution < -0.4 is 5.32 Å². The Balaban J connectivity index is 3.75. The summed E-state index contributed by atoms with van der Waals surface area (Å²) >= 11 is 0. The summed E-state index contributed by atoms with van der Waals surface area (Å²) in [5.74, 6) is -0.251. The van der Waals surface area contributed by atoms with Crippen LogP contribution in [-0.4, -0.2) is 18.6 Å². The molecule has 0 atom stereocenters. The van der Waals surface area contributed by atoms with Gasteiger partial charge in [0.05, 0.1) is 6.61 Å². The number of rotatable bonds is 3. The lowest BCUT2D eigenvalue weighted by Gasteiger charge is -2.07. The molecule has 2 amide bonds. The van der Waals surface area contributed by atoms with Gasteiger partial charge in [-0.05, 0) is 12.8 Å². The Kier molecular flexibility index (Phi) is 4.80. The van der Waals surface area contributed by atoms with Gasteiger partial charge in [0.25, 0.3) is 5.91 Å². The summed E-state index contributed by atoms with van der Waals surface area (Å²) < 4.78 is 4.71. The van der Waals surface area contributed by atoms with Gasteiger partial charge in [-0.3, -0.25) is 10.1 Å². The van der Waals surface area contributed by atoms with Crippen LogP contribution in [0.4, 0.5) is 4.79 Å². The lowest BCUT2D eigenvalue weighted by molar-refractivity contribution is -0.116. The largest absolute Gasteiger partial charge is 0.449 e. The number of nitrogens with one attached hydrogen (secondary N) is 1. The van der Waals surface area contributed by atoms with Crippen LogP contribution in [0.2, 0.25) is 0 Å². The van der Waals surface area contributed by atoms with Crippen LogP contribution in [0.5, 0.6) is 0 Å². The van der Waals surface area contributed by atoms with Gasteiger partial charge in [-0.1, -0.05) is 20.4 Å². The first kappa shape index (κ1) is 11.7. The van der Waals surface area contributed by atoms with Crippen molar-refractivity contribution in [3.8, 4) is 0 Å². The highest BCUT2D eigenvalue weighted by Crippen LogP contribution is 1.93. The third kappa shape index (κ3) is 5.90. The molecular weight excluding hydrogens is 170 g/mol. The minimum atomic E-state index is -0.721. The molecule has 13 heavy (non-hydrogen) atoms. The van der Waals surface area contributed by atoms with Crippen molar-refractivity contribution in [2.24, 2.45) is 5.92 Å². The molecule has 0 rings (SSSR count). The van der Waals surface area contributed by atoms with E-state index in [1.165, 1.54) is 6.92 Å². The number of hydrogen-bond acceptors (Lipinski definition) is 3. The number of amides is 2. The zero-order chi connectivity index (χ0) is 10.4. The fourth-order valence-corrected chi connectivity index (χ4v) is 0.478. The first-order valence-electron chi connectivity index (χ1n) is 4.07. The molecule has 0 aromatic rings. The average Bonchev–Trinajstić information content (AvgIpc) is 2.00. The maximum Gasteiger partial charge on any atom is 0.414 e. The van der Waals surface area contributed by atoms with Crippen molar-refractivity contribution in [1.82, 2.24) is 5.32 Å². The molecule has 0 saturated heterocycles. The van der Waals surface area contributed by atoms with Gasteiger partial charge in [-0.15, -0.1) is 0 Å². The van der Waals surface area contributed by atoms with E-state index in [0.29, 0.717) is 6.61 Å². The van der Waals surface area contributed by atoms with Crippen LogP contribution >= 0.6 is 0 Å². The van der Waals surface area contributed by atoms with Crippen molar-refractivity contribution < 1.29 is 14.3 Å². The topological polar surface area (TPSA) is 55.4 Å². The number of hydrogen-bond donors (Lipinski definition) is 1. The Bertz CT molecular complexity index is 221. The van der Waals surface area contributed by atoms with Crippen LogP contribution in [0.1, 0.15) is 20.8 Å². The van der Waals surface area contributed by atoms with Crippen molar-refractivity contribution in [1.29, 1.82) is 0 Å². The van der Waals surface area contributed by atoms with E-state index in [0.717, 1.165) is 0 Å². The van der Waals surface area contributed by atoms with E-state index in [-0.39, 0.29) is 11.5 Å². The zero-order valence-electron chi connectivity index (χ0n) is 8.22. The Morgan fingerprint density at radius 1 is 1.46 bits per heavy atom. The molecule has 0 spiro atoms. The highest BCUT2D eigenvalue weighted by molar-refractivity contribution is 6.01. The minimum Gasteiger partial charge on any atom is -0.449 e. The fraction of sp³-hybridized carbons (Fsp3) is 0.556. The second-order valence-electron chi connectivity index (χ2n) is 3.23. The Morgan fingerprint density at radius 3 is 2.38 bits per heavy atom. The molecule has 1 N–H and O–H groups in total. The molecule has 0 fully saturated rings. The van der Waals surface area contributed by atoms with Gasteiger partial charge in [0, 0.05) is 5.57 Å². The summed E-state index contributed by atoms with van der Waals surface area (Å²) in [7, 11) is 0. The molecule has 0 unspecified atom stereocenters. The first-order chi connectivity index (χ1) is 5.93. The molecule has 0 aromatic carbocycles. The van der Waals surface area contributed by atoms with Gasteiger partial charge < -0.3 is 4.74 Å². The molecule has 4 nitrogen and oxygen atoms in total. The van der Waals surface area contributed by atoms with E-state index >= 15 is 0 Å². The second kappa shape index (κ2) is 5.35. The standard InChI is InChI=1S/C9H15NO3/c1-6(2)5-13-9(12)10-8(11)7(3)4/h6H,3,5H2,1-2,4H3,(H,10,11,12). The normalized spacial score (nSPS) is 9.54. The molecule has 0 bridgehead atoms. The highest BCUT2D eigenvalue weighted by atomic mass is 16.5. The second-order valence-corrected chi connectivity index (χ2v) is 3.23. The first-order valence-corrected chi connectivity index (χ1v) is 4.07. The van der Waals surface area contributed by atoms with E-state index < -0.39 is 12.0 Å². The van der Waals surface area contributed by atoms with Crippen molar-refractivity contribution in [3.63, 3.8) is 0 Å². The monoisotopic (exact) mass is 185 g/mol.